The van der Waals surface area contributed by atoms with Crippen molar-refractivity contribution in [3.8, 4) is 0 Å². The molecular formula is C29H35F4NO2. The molecule has 0 saturated heterocycles. The first-order chi connectivity index (χ1) is 16.8. The first kappa shape index (κ1) is 29.5. The Morgan fingerprint density at radius 3 is 2.50 bits per heavy atom. The molecule has 196 valence electrons. The number of allylic oxidation sites excluding steroid dienone is 2. The van der Waals surface area contributed by atoms with Gasteiger partial charge in [0, 0.05) is 24.2 Å². The summed E-state index contributed by atoms with van der Waals surface area (Å²) in [6.45, 7) is 13.7. The predicted molar refractivity (Wildman–Crippen MR) is 137 cm³/mol. The Morgan fingerprint density at radius 1 is 1.31 bits per heavy atom. The smallest absolute Gasteiger partial charge is 0.375 e. The summed E-state index contributed by atoms with van der Waals surface area (Å²) in [5, 5.41) is 0. The van der Waals surface area contributed by atoms with Crippen molar-refractivity contribution < 1.29 is 27.0 Å². The zero-order valence-electron chi connectivity index (χ0n) is 22.0. The molecule has 1 aliphatic heterocycles. The topological polar surface area (TPSA) is 30.8 Å². The molecule has 0 fully saturated rings. The van der Waals surface area contributed by atoms with Gasteiger partial charge in [-0.3, -0.25) is 4.99 Å². The molecule has 4 unspecified atom stereocenters. The van der Waals surface area contributed by atoms with Crippen LogP contribution in [0.4, 0.5) is 23.2 Å². The number of aliphatic imine (C=N–C) groups is 1. The van der Waals surface area contributed by atoms with Crippen LogP contribution >= 0.6 is 0 Å². The molecule has 1 aromatic carbocycles. The molecule has 36 heavy (non-hydrogen) atoms. The number of methoxy groups -OCH3 is 1. The monoisotopic (exact) mass is 505 g/mol. The fraction of sp³-hybridized carbons (Fsp3) is 0.448. The van der Waals surface area contributed by atoms with Gasteiger partial charge in [0.25, 0.3) is 0 Å². The van der Waals surface area contributed by atoms with Gasteiger partial charge in [-0.2, -0.15) is 13.2 Å². The van der Waals surface area contributed by atoms with Crippen LogP contribution in [-0.2, 0) is 14.9 Å². The standard InChI is InChI=1S/C29H35F4NO2/c1-9-11-19(5)26(35-8)25(12-10-2)34-22-13-14-24(30)23(16-22)28(7)20(6)15-21(18(3)4)17-36-27(28)29(31,32)33/h9-14,16,19,26-27H,3,17H2,1-2,4-8H3/b11-9?,12-10+,34-25?. The van der Waals surface area contributed by atoms with Gasteiger partial charge in [0.1, 0.15) is 11.9 Å². The quantitative estimate of drug-likeness (QED) is 0.155. The summed E-state index contributed by atoms with van der Waals surface area (Å²) < 4.78 is 69.2. The van der Waals surface area contributed by atoms with Crippen molar-refractivity contribution >= 4 is 11.4 Å². The van der Waals surface area contributed by atoms with Gasteiger partial charge in [-0.1, -0.05) is 31.7 Å². The van der Waals surface area contributed by atoms with Crippen molar-refractivity contribution in [3.63, 3.8) is 0 Å². The summed E-state index contributed by atoms with van der Waals surface area (Å²) >= 11 is 0. The van der Waals surface area contributed by atoms with Crippen LogP contribution in [0.3, 0.4) is 0 Å². The number of ether oxygens (including phenoxy) is 2. The molecule has 0 radical (unpaired) electrons. The summed E-state index contributed by atoms with van der Waals surface area (Å²) in [5.41, 5.74) is 2.96. The fourth-order valence-corrected chi connectivity index (χ4v) is 4.42. The van der Waals surface area contributed by atoms with E-state index < -0.39 is 29.6 Å². The van der Waals surface area contributed by atoms with Gasteiger partial charge in [0.15, 0.2) is 6.10 Å². The molecule has 0 amide bonds. The largest absolute Gasteiger partial charge is 0.415 e. The van der Waals surface area contributed by atoms with Crippen molar-refractivity contribution in [1.82, 2.24) is 0 Å². The van der Waals surface area contributed by atoms with Gasteiger partial charge in [0.05, 0.1) is 23.4 Å². The maximum absolute atomic E-state index is 15.3. The van der Waals surface area contributed by atoms with Crippen LogP contribution in [0.5, 0.6) is 0 Å². The molecular weight excluding hydrogens is 470 g/mol. The molecule has 0 N–H and O–H groups in total. The van der Waals surface area contributed by atoms with E-state index in [9.17, 15) is 13.2 Å². The molecule has 1 aromatic rings. The Bertz CT molecular complexity index is 1120. The Balaban J connectivity index is 2.79. The molecule has 0 bridgehead atoms. The number of halogens is 4. The minimum absolute atomic E-state index is 0.0202. The highest BCUT2D eigenvalue weighted by molar-refractivity contribution is 6.00. The lowest BCUT2D eigenvalue weighted by Crippen LogP contribution is -2.49. The van der Waals surface area contributed by atoms with Crippen molar-refractivity contribution in [2.75, 3.05) is 13.7 Å². The molecule has 1 heterocycles. The minimum Gasteiger partial charge on any atom is -0.375 e. The lowest BCUT2D eigenvalue weighted by Gasteiger charge is -2.38. The third-order valence-electron chi connectivity index (χ3n) is 6.47. The van der Waals surface area contributed by atoms with Gasteiger partial charge in [-0.25, -0.2) is 4.39 Å². The van der Waals surface area contributed by atoms with Crippen molar-refractivity contribution in [3.05, 3.63) is 82.9 Å². The van der Waals surface area contributed by atoms with Gasteiger partial charge < -0.3 is 9.47 Å². The minimum atomic E-state index is -4.76. The molecule has 0 aliphatic carbocycles. The van der Waals surface area contributed by atoms with E-state index in [1.807, 2.05) is 32.9 Å². The maximum Gasteiger partial charge on any atom is 0.415 e. The average molecular weight is 506 g/mol. The Hall–Kier alpha value is -2.73. The van der Waals surface area contributed by atoms with Crippen molar-refractivity contribution in [2.45, 2.75) is 65.3 Å². The molecule has 4 atom stereocenters. The Morgan fingerprint density at radius 2 is 1.97 bits per heavy atom. The Labute approximate surface area is 211 Å². The number of alkyl halides is 3. The summed E-state index contributed by atoms with van der Waals surface area (Å²) in [6, 6.07) is 3.93. The maximum atomic E-state index is 15.3. The summed E-state index contributed by atoms with van der Waals surface area (Å²) in [4.78, 5) is 4.66. The second-order valence-electron chi connectivity index (χ2n) is 9.19. The number of nitrogens with zero attached hydrogens (tertiary/aromatic N) is 1. The zero-order chi connectivity index (χ0) is 27.3. The van der Waals surface area contributed by atoms with Crippen molar-refractivity contribution in [1.29, 1.82) is 0 Å². The predicted octanol–water partition coefficient (Wildman–Crippen LogP) is 7.97. The van der Waals surface area contributed by atoms with E-state index in [1.54, 1.807) is 26.2 Å². The average Bonchev–Trinajstić information content (AvgIpc) is 2.92. The van der Waals surface area contributed by atoms with Crippen molar-refractivity contribution in [2.24, 2.45) is 10.9 Å². The lowest BCUT2D eigenvalue weighted by molar-refractivity contribution is -0.233. The SMILES string of the molecule is C=C(C)C1=C=C(C)C(C)(c2cc(N=C(/C=C/C)C(OC)C(C)C=CC)ccc2F)C(C(F)(F)F)OC1. The normalized spacial score (nSPS) is 23.4. The molecule has 3 nitrogen and oxygen atoms in total. The highest BCUT2D eigenvalue weighted by Gasteiger charge is 2.55. The van der Waals surface area contributed by atoms with E-state index >= 15 is 4.39 Å². The van der Waals surface area contributed by atoms with Crippen LogP contribution in [0.15, 0.2) is 76.5 Å². The third-order valence-corrected chi connectivity index (χ3v) is 6.47. The van der Waals surface area contributed by atoms with E-state index in [4.69, 9.17) is 9.47 Å². The first-order valence-corrected chi connectivity index (χ1v) is 11.8. The number of hydrogen-bond donors (Lipinski definition) is 0. The highest BCUT2D eigenvalue weighted by atomic mass is 19.4. The first-order valence-electron chi connectivity index (χ1n) is 11.8. The lowest BCUT2D eigenvalue weighted by atomic mass is 9.71. The second kappa shape index (κ2) is 12.0. The molecule has 0 saturated carbocycles. The molecule has 7 heteroatoms. The third kappa shape index (κ3) is 6.33. The van der Waals surface area contributed by atoms with Crippen LogP contribution < -0.4 is 0 Å². The number of hydrogen-bond acceptors (Lipinski definition) is 3. The summed E-state index contributed by atoms with van der Waals surface area (Å²) in [6.07, 6.45) is 0.00103. The van der Waals surface area contributed by atoms with Crippen LogP contribution in [-0.4, -0.2) is 37.8 Å². The Kier molecular flexibility index (Phi) is 9.84. The zero-order valence-corrected chi connectivity index (χ0v) is 22.0. The highest BCUT2D eigenvalue weighted by Crippen LogP contribution is 2.46. The van der Waals surface area contributed by atoms with Crippen LogP contribution in [0.25, 0.3) is 0 Å². The van der Waals surface area contributed by atoms with Crippen LogP contribution in [0, 0.1) is 11.7 Å². The molecule has 0 spiro atoms. The van der Waals surface area contributed by atoms with E-state index in [0.717, 1.165) is 6.07 Å². The number of benzene rings is 1. The van der Waals surface area contributed by atoms with E-state index in [1.165, 1.54) is 26.0 Å². The van der Waals surface area contributed by atoms with E-state index in [2.05, 4.69) is 17.3 Å². The van der Waals surface area contributed by atoms with Crippen LogP contribution in [0.1, 0.15) is 47.1 Å². The van der Waals surface area contributed by atoms with E-state index in [-0.39, 0.29) is 23.7 Å². The van der Waals surface area contributed by atoms with Crippen LogP contribution in [0.2, 0.25) is 0 Å². The van der Waals surface area contributed by atoms with Gasteiger partial charge in [-0.05, 0) is 70.0 Å². The van der Waals surface area contributed by atoms with Gasteiger partial charge in [0.2, 0.25) is 0 Å². The summed E-state index contributed by atoms with van der Waals surface area (Å²) in [5.74, 6) is -0.805. The fourth-order valence-electron chi connectivity index (χ4n) is 4.42. The molecule has 1 aliphatic rings. The van der Waals surface area contributed by atoms with E-state index in [0.29, 0.717) is 22.5 Å². The van der Waals surface area contributed by atoms with Gasteiger partial charge >= 0.3 is 6.18 Å². The molecule has 2 rings (SSSR count). The second-order valence-corrected chi connectivity index (χ2v) is 9.19. The van der Waals surface area contributed by atoms with Gasteiger partial charge in [-0.15, -0.1) is 5.73 Å². The number of rotatable bonds is 8. The molecule has 0 aromatic heterocycles. The summed E-state index contributed by atoms with van der Waals surface area (Å²) in [7, 11) is 1.57.